The average molecular weight is 139 g/mol. The molecule has 10 heavy (non-hydrogen) atoms. The van der Waals surface area contributed by atoms with E-state index in [-0.39, 0.29) is 5.97 Å². The molecular weight excluding hydrogens is 130 g/mol. The van der Waals surface area contributed by atoms with Crippen LogP contribution in [0.4, 0.5) is 0 Å². The van der Waals surface area contributed by atoms with Gasteiger partial charge in [0.2, 0.25) is 0 Å². The molecule has 1 rings (SSSR count). The van der Waals surface area contributed by atoms with Gasteiger partial charge in [0.05, 0.1) is 12.7 Å². The van der Waals surface area contributed by atoms with E-state index < -0.39 is 0 Å². The van der Waals surface area contributed by atoms with Crippen LogP contribution in [0.2, 0.25) is 0 Å². The van der Waals surface area contributed by atoms with Crippen molar-refractivity contribution in [3.63, 3.8) is 0 Å². The summed E-state index contributed by atoms with van der Waals surface area (Å²) in [7, 11) is 0. The predicted molar refractivity (Wildman–Crippen MR) is 36.0 cm³/mol. The molecule has 0 aromatic rings. The summed E-state index contributed by atoms with van der Waals surface area (Å²) in [5, 5.41) is 7.51. The highest BCUT2D eigenvalue weighted by Crippen LogP contribution is 2.01. The van der Waals surface area contributed by atoms with E-state index in [9.17, 15) is 4.79 Å². The molecule has 0 amide bonds. The van der Waals surface area contributed by atoms with Gasteiger partial charge < -0.3 is 4.74 Å². The van der Waals surface area contributed by atoms with Gasteiger partial charge in [0.1, 0.15) is 0 Å². The summed E-state index contributed by atoms with van der Waals surface area (Å²) in [5.41, 5.74) is 0. The van der Waals surface area contributed by atoms with Gasteiger partial charge in [-0.25, -0.2) is 0 Å². The van der Waals surface area contributed by atoms with Crippen LogP contribution in [0.1, 0.15) is 12.8 Å². The number of carbonyl (C=O) groups excluding carboxylic acids is 1. The molecule has 3 heteroatoms. The maximum atomic E-state index is 10.0. The van der Waals surface area contributed by atoms with Gasteiger partial charge in [-0.2, -0.15) is 5.26 Å². The van der Waals surface area contributed by atoms with Crippen molar-refractivity contribution < 1.29 is 9.53 Å². The van der Waals surface area contributed by atoms with Crippen LogP contribution in [0.3, 0.4) is 0 Å². The van der Waals surface area contributed by atoms with Crippen molar-refractivity contribution in [2.75, 3.05) is 6.61 Å². The fraction of sp³-hybridized carbons (Fsp3) is 0.429. The molecule has 0 saturated carbocycles. The summed E-state index contributed by atoms with van der Waals surface area (Å²) in [6.07, 6.45) is 2.72. The summed E-state index contributed by atoms with van der Waals surface area (Å²) in [5.74, 6) is -0.0463. The molecule has 0 radical (unpaired) electrons. The molecule has 1 aliphatic rings. The first-order valence-electron chi connectivity index (χ1n) is 2.97. The van der Waals surface area contributed by atoms with E-state index in [1.165, 1.54) is 6.08 Å². The summed E-state index contributed by atoms with van der Waals surface area (Å²) in [4.78, 5) is 10.0. The molecular formula is C7H9NO2. The Kier molecular flexibility index (Phi) is 5.07. The van der Waals surface area contributed by atoms with Crippen molar-refractivity contribution in [2.45, 2.75) is 12.8 Å². The average Bonchev–Trinajstić information content (AvgIpc) is 2.40. The molecule has 0 N–H and O–H groups in total. The number of carbonyl (C=O) groups is 1. The Labute approximate surface area is 59.9 Å². The Bertz CT molecular complexity index is 149. The topological polar surface area (TPSA) is 50.1 Å². The van der Waals surface area contributed by atoms with E-state index in [1.54, 1.807) is 6.07 Å². The molecule has 1 heterocycles. The van der Waals surface area contributed by atoms with E-state index in [1.807, 2.05) is 0 Å². The Hall–Kier alpha value is -1.30. The van der Waals surface area contributed by atoms with E-state index in [2.05, 4.69) is 11.3 Å². The van der Waals surface area contributed by atoms with Crippen LogP contribution < -0.4 is 0 Å². The summed E-state index contributed by atoms with van der Waals surface area (Å²) in [6.45, 7) is 3.76. The molecule has 0 aromatic carbocycles. The minimum Gasteiger partial charge on any atom is -0.466 e. The molecule has 0 atom stereocenters. The number of cyclic esters (lactones) is 1. The number of hydrogen-bond donors (Lipinski definition) is 0. The van der Waals surface area contributed by atoms with Crippen LogP contribution in [-0.4, -0.2) is 12.6 Å². The quantitative estimate of drug-likeness (QED) is 0.372. The molecule has 0 bridgehead atoms. The molecule has 1 aliphatic heterocycles. The zero-order chi connectivity index (χ0) is 7.82. The van der Waals surface area contributed by atoms with Crippen LogP contribution in [0.5, 0.6) is 0 Å². The number of nitrogens with zero attached hydrogens (tertiary/aromatic N) is 1. The number of nitriles is 1. The second kappa shape index (κ2) is 5.83. The number of rotatable bonds is 0. The molecule has 3 nitrogen and oxygen atoms in total. The highest BCUT2D eigenvalue weighted by atomic mass is 16.5. The molecule has 0 aliphatic carbocycles. The first-order chi connectivity index (χ1) is 4.81. The SMILES string of the molecule is C=CC#N.O=C1CCCO1. The van der Waals surface area contributed by atoms with Crippen molar-refractivity contribution in [2.24, 2.45) is 0 Å². The van der Waals surface area contributed by atoms with Crippen LogP contribution in [-0.2, 0) is 9.53 Å². The summed E-state index contributed by atoms with van der Waals surface area (Å²) >= 11 is 0. The van der Waals surface area contributed by atoms with Crippen molar-refractivity contribution in [3.8, 4) is 6.07 Å². The van der Waals surface area contributed by atoms with Gasteiger partial charge in [-0.1, -0.05) is 6.58 Å². The monoisotopic (exact) mass is 139 g/mol. The van der Waals surface area contributed by atoms with Crippen molar-refractivity contribution in [3.05, 3.63) is 12.7 Å². The Morgan fingerprint density at radius 1 is 1.80 bits per heavy atom. The smallest absolute Gasteiger partial charge is 0.305 e. The number of hydrogen-bond acceptors (Lipinski definition) is 3. The van der Waals surface area contributed by atoms with Gasteiger partial charge in [0.15, 0.2) is 0 Å². The minimum atomic E-state index is -0.0463. The summed E-state index contributed by atoms with van der Waals surface area (Å²) in [6, 6.07) is 1.69. The zero-order valence-corrected chi connectivity index (χ0v) is 5.67. The number of ether oxygens (including phenoxy) is 1. The third-order valence-electron chi connectivity index (χ3n) is 0.880. The van der Waals surface area contributed by atoms with Crippen molar-refractivity contribution in [1.29, 1.82) is 5.26 Å². The van der Waals surface area contributed by atoms with Crippen LogP contribution >= 0.6 is 0 Å². The van der Waals surface area contributed by atoms with Gasteiger partial charge in [0.25, 0.3) is 0 Å². The van der Waals surface area contributed by atoms with Crippen molar-refractivity contribution >= 4 is 5.97 Å². The molecule has 0 unspecified atom stereocenters. The molecule has 0 aromatic heterocycles. The van der Waals surface area contributed by atoms with Crippen LogP contribution in [0.15, 0.2) is 12.7 Å². The highest BCUT2D eigenvalue weighted by molar-refractivity contribution is 5.70. The lowest BCUT2D eigenvalue weighted by Crippen LogP contribution is -1.88. The van der Waals surface area contributed by atoms with Gasteiger partial charge in [-0.05, 0) is 6.42 Å². The fourth-order valence-electron chi connectivity index (χ4n) is 0.475. The van der Waals surface area contributed by atoms with Crippen LogP contribution in [0.25, 0.3) is 0 Å². The third kappa shape index (κ3) is 4.85. The molecule has 54 valence electrons. The summed E-state index contributed by atoms with van der Waals surface area (Å²) < 4.78 is 4.51. The Balaban J connectivity index is 0.000000180. The largest absolute Gasteiger partial charge is 0.466 e. The van der Waals surface area contributed by atoms with Gasteiger partial charge in [-0.15, -0.1) is 0 Å². The lowest BCUT2D eigenvalue weighted by Gasteiger charge is -1.81. The lowest BCUT2D eigenvalue weighted by atomic mass is 10.4. The highest BCUT2D eigenvalue weighted by Gasteiger charge is 2.08. The van der Waals surface area contributed by atoms with Gasteiger partial charge in [0, 0.05) is 12.5 Å². The van der Waals surface area contributed by atoms with E-state index in [0.717, 1.165) is 6.42 Å². The maximum Gasteiger partial charge on any atom is 0.305 e. The first-order valence-corrected chi connectivity index (χ1v) is 2.97. The van der Waals surface area contributed by atoms with Crippen molar-refractivity contribution in [1.82, 2.24) is 0 Å². The zero-order valence-electron chi connectivity index (χ0n) is 5.67. The van der Waals surface area contributed by atoms with E-state index >= 15 is 0 Å². The first kappa shape index (κ1) is 8.70. The number of allylic oxidation sites excluding steroid dienone is 1. The molecule has 1 fully saturated rings. The fourth-order valence-corrected chi connectivity index (χ4v) is 0.475. The second-order valence-corrected chi connectivity index (χ2v) is 1.66. The standard InChI is InChI=1S/C4H6O2.C3H3N/c5-4-2-1-3-6-4;1-2-3-4/h1-3H2;2H,1H2. The third-order valence-corrected chi connectivity index (χ3v) is 0.880. The number of esters is 1. The molecule has 1 saturated heterocycles. The van der Waals surface area contributed by atoms with E-state index in [0.29, 0.717) is 13.0 Å². The Morgan fingerprint density at radius 2 is 2.40 bits per heavy atom. The second-order valence-electron chi connectivity index (χ2n) is 1.66. The van der Waals surface area contributed by atoms with E-state index in [4.69, 9.17) is 5.26 Å². The predicted octanol–water partition coefficient (Wildman–Crippen LogP) is 1.02. The van der Waals surface area contributed by atoms with Gasteiger partial charge >= 0.3 is 5.97 Å². The maximum absolute atomic E-state index is 10.0. The van der Waals surface area contributed by atoms with Gasteiger partial charge in [-0.3, -0.25) is 4.79 Å². The minimum absolute atomic E-state index is 0.0463. The normalized spacial score (nSPS) is 14.1. The Morgan fingerprint density at radius 3 is 2.50 bits per heavy atom. The molecule has 0 spiro atoms. The lowest BCUT2D eigenvalue weighted by molar-refractivity contribution is -0.137. The van der Waals surface area contributed by atoms with Crippen LogP contribution in [0, 0.1) is 11.3 Å².